The van der Waals surface area contributed by atoms with E-state index in [2.05, 4.69) is 42.6 Å². The fourth-order valence-electron chi connectivity index (χ4n) is 3.24. The second kappa shape index (κ2) is 8.11. The SMILES string of the molecule is CC(NCCCc1ccc(F)c(C(=O)O)c1)c1cccc2ccccc12. The largest absolute Gasteiger partial charge is 0.478 e. The van der Waals surface area contributed by atoms with Gasteiger partial charge in [-0.25, -0.2) is 9.18 Å². The summed E-state index contributed by atoms with van der Waals surface area (Å²) in [5.74, 6) is -1.92. The number of halogens is 1. The van der Waals surface area contributed by atoms with Gasteiger partial charge in [-0.2, -0.15) is 0 Å². The van der Waals surface area contributed by atoms with Crippen LogP contribution in [0.5, 0.6) is 0 Å². The van der Waals surface area contributed by atoms with Gasteiger partial charge in [-0.15, -0.1) is 0 Å². The summed E-state index contributed by atoms with van der Waals surface area (Å²) in [6.07, 6.45) is 1.55. The number of benzene rings is 3. The molecule has 0 saturated heterocycles. The highest BCUT2D eigenvalue weighted by Crippen LogP contribution is 2.24. The number of hydrogen-bond donors (Lipinski definition) is 2. The number of hydrogen-bond acceptors (Lipinski definition) is 2. The Morgan fingerprint density at radius 1 is 1.12 bits per heavy atom. The number of carbonyl (C=O) groups is 1. The molecule has 0 aliphatic rings. The summed E-state index contributed by atoms with van der Waals surface area (Å²) < 4.78 is 13.4. The summed E-state index contributed by atoms with van der Waals surface area (Å²) in [7, 11) is 0. The lowest BCUT2D eigenvalue weighted by molar-refractivity contribution is 0.0691. The molecule has 0 amide bonds. The number of fused-ring (bicyclic) bond motifs is 1. The molecule has 0 heterocycles. The van der Waals surface area contributed by atoms with Gasteiger partial charge < -0.3 is 10.4 Å². The van der Waals surface area contributed by atoms with Crippen molar-refractivity contribution in [3.8, 4) is 0 Å². The molecule has 134 valence electrons. The standard InChI is InChI=1S/C22H22FNO2/c1-15(18-10-4-8-17-7-2-3-9-19(17)18)24-13-5-6-16-11-12-21(23)20(14-16)22(25)26/h2-4,7-12,14-15,24H,5-6,13H2,1H3,(H,25,26). The van der Waals surface area contributed by atoms with Crippen LogP contribution in [0.3, 0.4) is 0 Å². The van der Waals surface area contributed by atoms with Gasteiger partial charge in [-0.3, -0.25) is 0 Å². The minimum Gasteiger partial charge on any atom is -0.478 e. The molecule has 0 aromatic heterocycles. The molecular formula is C22H22FNO2. The van der Waals surface area contributed by atoms with Crippen molar-refractivity contribution in [2.24, 2.45) is 0 Å². The van der Waals surface area contributed by atoms with Gasteiger partial charge in [0.2, 0.25) is 0 Å². The normalized spacial score (nSPS) is 12.2. The van der Waals surface area contributed by atoms with Gasteiger partial charge in [-0.1, -0.05) is 48.5 Å². The zero-order valence-electron chi connectivity index (χ0n) is 14.7. The van der Waals surface area contributed by atoms with E-state index in [1.165, 1.54) is 28.5 Å². The van der Waals surface area contributed by atoms with Gasteiger partial charge in [0.05, 0.1) is 5.56 Å². The molecule has 3 aromatic rings. The van der Waals surface area contributed by atoms with Crippen molar-refractivity contribution >= 4 is 16.7 Å². The summed E-state index contributed by atoms with van der Waals surface area (Å²) in [4.78, 5) is 11.0. The summed E-state index contributed by atoms with van der Waals surface area (Å²) >= 11 is 0. The molecule has 1 atom stereocenters. The van der Waals surface area contributed by atoms with Crippen LogP contribution in [0.4, 0.5) is 4.39 Å². The predicted molar refractivity (Wildman–Crippen MR) is 102 cm³/mol. The van der Waals surface area contributed by atoms with E-state index in [-0.39, 0.29) is 11.6 Å². The lowest BCUT2D eigenvalue weighted by atomic mass is 9.99. The molecule has 0 fully saturated rings. The molecular weight excluding hydrogens is 329 g/mol. The molecule has 0 aliphatic carbocycles. The Morgan fingerprint density at radius 3 is 2.69 bits per heavy atom. The highest BCUT2D eigenvalue weighted by Gasteiger charge is 2.11. The molecule has 0 spiro atoms. The van der Waals surface area contributed by atoms with Crippen LogP contribution in [0.2, 0.25) is 0 Å². The average Bonchev–Trinajstić information content (AvgIpc) is 2.65. The molecule has 3 nitrogen and oxygen atoms in total. The van der Waals surface area contributed by atoms with Crippen molar-refractivity contribution in [1.29, 1.82) is 0 Å². The first-order chi connectivity index (χ1) is 12.6. The maximum absolute atomic E-state index is 13.4. The van der Waals surface area contributed by atoms with Crippen molar-refractivity contribution in [3.05, 3.63) is 83.2 Å². The van der Waals surface area contributed by atoms with Gasteiger partial charge in [-0.05, 0) is 60.3 Å². The Bertz CT molecular complexity index is 918. The first-order valence-electron chi connectivity index (χ1n) is 8.79. The summed E-state index contributed by atoms with van der Waals surface area (Å²) in [6.45, 7) is 2.94. The van der Waals surface area contributed by atoms with Crippen LogP contribution in [0.1, 0.15) is 40.9 Å². The van der Waals surface area contributed by atoms with Crippen LogP contribution < -0.4 is 5.32 Å². The highest BCUT2D eigenvalue weighted by molar-refractivity contribution is 5.88. The smallest absolute Gasteiger partial charge is 0.338 e. The van der Waals surface area contributed by atoms with E-state index in [1.54, 1.807) is 6.07 Å². The molecule has 2 N–H and O–H groups in total. The molecule has 0 aliphatic heterocycles. The molecule has 4 heteroatoms. The van der Waals surface area contributed by atoms with Gasteiger partial charge in [0.15, 0.2) is 0 Å². The first kappa shape index (κ1) is 18.1. The van der Waals surface area contributed by atoms with Crippen LogP contribution in [0.15, 0.2) is 60.7 Å². The van der Waals surface area contributed by atoms with E-state index < -0.39 is 11.8 Å². The Morgan fingerprint density at radius 2 is 1.88 bits per heavy atom. The zero-order chi connectivity index (χ0) is 18.5. The number of nitrogens with one attached hydrogen (secondary N) is 1. The molecule has 0 bridgehead atoms. The van der Waals surface area contributed by atoms with Gasteiger partial charge in [0.25, 0.3) is 0 Å². The Balaban J connectivity index is 1.58. The van der Waals surface area contributed by atoms with Gasteiger partial charge in [0, 0.05) is 6.04 Å². The van der Waals surface area contributed by atoms with E-state index in [4.69, 9.17) is 5.11 Å². The highest BCUT2D eigenvalue weighted by atomic mass is 19.1. The summed E-state index contributed by atoms with van der Waals surface area (Å²) in [6, 6.07) is 19.2. The molecule has 26 heavy (non-hydrogen) atoms. The monoisotopic (exact) mass is 351 g/mol. The maximum atomic E-state index is 13.4. The molecule has 0 radical (unpaired) electrons. The van der Waals surface area contributed by atoms with Crippen LogP contribution >= 0.6 is 0 Å². The summed E-state index contributed by atoms with van der Waals surface area (Å²) in [5, 5.41) is 15.0. The third-order valence-corrected chi connectivity index (χ3v) is 4.64. The lowest BCUT2D eigenvalue weighted by Crippen LogP contribution is -2.20. The van der Waals surface area contributed by atoms with E-state index in [0.29, 0.717) is 6.42 Å². The molecule has 3 aromatic carbocycles. The minimum absolute atomic E-state index is 0.212. The second-order valence-corrected chi connectivity index (χ2v) is 6.47. The molecule has 0 saturated carbocycles. The van der Waals surface area contributed by atoms with E-state index >= 15 is 0 Å². The predicted octanol–water partition coefficient (Wildman–Crippen LogP) is 4.96. The van der Waals surface area contributed by atoms with Crippen LogP contribution in [-0.2, 0) is 6.42 Å². The number of carboxylic acid groups (broad SMARTS) is 1. The van der Waals surface area contributed by atoms with E-state index in [0.717, 1.165) is 18.5 Å². The van der Waals surface area contributed by atoms with Crippen LogP contribution in [0, 0.1) is 5.82 Å². The number of carboxylic acids is 1. The Hall–Kier alpha value is -2.72. The lowest BCUT2D eigenvalue weighted by Gasteiger charge is -2.16. The van der Waals surface area contributed by atoms with Gasteiger partial charge >= 0.3 is 5.97 Å². The summed E-state index contributed by atoms with van der Waals surface area (Å²) in [5.41, 5.74) is 1.83. The fraction of sp³-hybridized carbons (Fsp3) is 0.227. The first-order valence-corrected chi connectivity index (χ1v) is 8.79. The van der Waals surface area contributed by atoms with Crippen molar-refractivity contribution in [2.75, 3.05) is 6.54 Å². The minimum atomic E-state index is -1.23. The fourth-order valence-corrected chi connectivity index (χ4v) is 3.24. The number of rotatable bonds is 7. The number of aromatic carboxylic acids is 1. The average molecular weight is 351 g/mol. The van der Waals surface area contributed by atoms with E-state index in [1.807, 2.05) is 12.1 Å². The van der Waals surface area contributed by atoms with Gasteiger partial charge in [0.1, 0.15) is 5.82 Å². The maximum Gasteiger partial charge on any atom is 0.338 e. The number of aryl methyl sites for hydroxylation is 1. The third-order valence-electron chi connectivity index (χ3n) is 4.64. The topological polar surface area (TPSA) is 49.3 Å². The van der Waals surface area contributed by atoms with Crippen LogP contribution in [0.25, 0.3) is 10.8 Å². The third kappa shape index (κ3) is 4.09. The van der Waals surface area contributed by atoms with Crippen molar-refractivity contribution in [2.45, 2.75) is 25.8 Å². The second-order valence-electron chi connectivity index (χ2n) is 6.47. The Kier molecular flexibility index (Phi) is 5.64. The molecule has 3 rings (SSSR count). The quantitative estimate of drug-likeness (QED) is 0.592. The van der Waals surface area contributed by atoms with Crippen molar-refractivity contribution < 1.29 is 14.3 Å². The van der Waals surface area contributed by atoms with Crippen molar-refractivity contribution in [3.63, 3.8) is 0 Å². The Labute approximate surface area is 152 Å². The van der Waals surface area contributed by atoms with E-state index in [9.17, 15) is 9.18 Å². The molecule has 1 unspecified atom stereocenters. The zero-order valence-corrected chi connectivity index (χ0v) is 14.7. The van der Waals surface area contributed by atoms with Crippen molar-refractivity contribution in [1.82, 2.24) is 5.32 Å². The van der Waals surface area contributed by atoms with Crippen LogP contribution in [-0.4, -0.2) is 17.6 Å².